The summed E-state index contributed by atoms with van der Waals surface area (Å²) in [5.74, 6) is 1.57. The fraction of sp³-hybridized carbons (Fsp3) is 0.562. The van der Waals surface area contributed by atoms with Crippen molar-refractivity contribution in [3.63, 3.8) is 0 Å². The van der Waals surface area contributed by atoms with Crippen LogP contribution in [0, 0.1) is 0 Å². The van der Waals surface area contributed by atoms with E-state index in [-0.39, 0.29) is 30.3 Å². The van der Waals surface area contributed by atoms with Crippen LogP contribution < -0.4 is 15.4 Å². The van der Waals surface area contributed by atoms with Crippen LogP contribution in [0.4, 0.5) is 13.2 Å². The molecule has 1 saturated heterocycles. The molecule has 1 aliphatic rings. The topological polar surface area (TPSA) is 50.4 Å². The van der Waals surface area contributed by atoms with Gasteiger partial charge in [0.05, 0.1) is 11.6 Å². The normalized spacial score (nSPS) is 19.6. The highest BCUT2D eigenvalue weighted by Gasteiger charge is 2.34. The maximum atomic E-state index is 12.9. The Kier molecular flexibility index (Phi) is 6.79. The minimum absolute atomic E-state index is 0.0221. The van der Waals surface area contributed by atoms with Gasteiger partial charge in [0, 0.05) is 30.5 Å². The van der Waals surface area contributed by atoms with Gasteiger partial charge in [0.1, 0.15) is 12.4 Å². The van der Waals surface area contributed by atoms with Crippen LogP contribution in [0.25, 0.3) is 0 Å². The second kappa shape index (κ2) is 8.62. The number of halogens is 3. The van der Waals surface area contributed by atoms with Crippen molar-refractivity contribution < 1.29 is 22.7 Å². The standard InChI is InChI=1S/C16H21F3N2O2S/c1-11(21-15(22)8-12-10-24-7-6-20-12)9-23-14-5-3-2-4-13(14)16(17,18)19/h2-5,11-12,20H,6-10H2,1H3,(H,21,22). The molecule has 1 aromatic rings. The van der Waals surface area contributed by atoms with Crippen molar-refractivity contribution in [1.82, 2.24) is 10.6 Å². The first-order valence-corrected chi connectivity index (χ1v) is 8.91. The van der Waals surface area contributed by atoms with Gasteiger partial charge >= 0.3 is 6.18 Å². The number of nitrogens with one attached hydrogen (secondary N) is 2. The van der Waals surface area contributed by atoms with Crippen molar-refractivity contribution in [2.24, 2.45) is 0 Å². The van der Waals surface area contributed by atoms with Crippen molar-refractivity contribution in [2.75, 3.05) is 24.7 Å². The first-order valence-electron chi connectivity index (χ1n) is 7.76. The lowest BCUT2D eigenvalue weighted by Gasteiger charge is -2.23. The van der Waals surface area contributed by atoms with E-state index in [2.05, 4.69) is 10.6 Å². The molecule has 134 valence electrons. The Morgan fingerprint density at radius 2 is 2.21 bits per heavy atom. The van der Waals surface area contributed by atoms with Gasteiger partial charge in [-0.25, -0.2) is 0 Å². The van der Waals surface area contributed by atoms with Gasteiger partial charge in [-0.3, -0.25) is 4.79 Å². The third-order valence-corrected chi connectivity index (χ3v) is 4.65. The van der Waals surface area contributed by atoms with E-state index < -0.39 is 11.7 Å². The zero-order valence-electron chi connectivity index (χ0n) is 13.4. The number of hydrogen-bond acceptors (Lipinski definition) is 4. The molecule has 0 aromatic heterocycles. The molecule has 0 radical (unpaired) electrons. The summed E-state index contributed by atoms with van der Waals surface area (Å²) in [5, 5.41) is 6.03. The molecule has 1 aliphatic heterocycles. The van der Waals surface area contributed by atoms with E-state index in [1.807, 2.05) is 0 Å². The second-order valence-corrected chi connectivity index (χ2v) is 6.85. The molecule has 1 amide bonds. The number of hydrogen-bond donors (Lipinski definition) is 2. The van der Waals surface area contributed by atoms with Gasteiger partial charge in [-0.15, -0.1) is 0 Å². The smallest absolute Gasteiger partial charge is 0.419 e. The van der Waals surface area contributed by atoms with Crippen LogP contribution in [0.15, 0.2) is 24.3 Å². The summed E-state index contributed by atoms with van der Waals surface area (Å²) < 4.78 is 43.9. The number of thioether (sulfide) groups is 1. The zero-order valence-corrected chi connectivity index (χ0v) is 14.2. The van der Waals surface area contributed by atoms with Crippen LogP contribution >= 0.6 is 11.8 Å². The third-order valence-electron chi connectivity index (χ3n) is 3.52. The number of alkyl halides is 3. The highest BCUT2D eigenvalue weighted by Crippen LogP contribution is 2.35. The summed E-state index contributed by atoms with van der Waals surface area (Å²) in [5.41, 5.74) is -0.813. The van der Waals surface area contributed by atoms with Crippen LogP contribution in [0.2, 0.25) is 0 Å². The van der Waals surface area contributed by atoms with E-state index in [0.717, 1.165) is 24.1 Å². The molecule has 0 aliphatic carbocycles. The molecule has 0 bridgehead atoms. The fourth-order valence-corrected chi connectivity index (χ4v) is 3.34. The van der Waals surface area contributed by atoms with Gasteiger partial charge in [0.25, 0.3) is 0 Å². The van der Waals surface area contributed by atoms with Gasteiger partial charge in [0.15, 0.2) is 0 Å². The number of ether oxygens (including phenoxy) is 1. The minimum Gasteiger partial charge on any atom is -0.491 e. The average Bonchev–Trinajstić information content (AvgIpc) is 2.53. The molecule has 1 heterocycles. The lowest BCUT2D eigenvalue weighted by Crippen LogP contribution is -2.44. The van der Waals surface area contributed by atoms with Gasteiger partial charge in [-0.05, 0) is 19.1 Å². The van der Waals surface area contributed by atoms with E-state index in [9.17, 15) is 18.0 Å². The van der Waals surface area contributed by atoms with Crippen LogP contribution in [-0.2, 0) is 11.0 Å². The number of carbonyl (C=O) groups excluding carboxylic acids is 1. The Labute approximate surface area is 143 Å². The molecule has 2 N–H and O–H groups in total. The van der Waals surface area contributed by atoms with Crippen molar-refractivity contribution in [2.45, 2.75) is 31.6 Å². The Bertz CT molecular complexity index is 548. The summed E-state index contributed by atoms with van der Waals surface area (Å²) in [4.78, 5) is 12.0. The molecule has 0 saturated carbocycles. The van der Waals surface area contributed by atoms with Crippen molar-refractivity contribution in [1.29, 1.82) is 0 Å². The maximum absolute atomic E-state index is 12.9. The number of benzene rings is 1. The Morgan fingerprint density at radius 1 is 1.46 bits per heavy atom. The highest BCUT2D eigenvalue weighted by atomic mass is 32.2. The molecule has 2 rings (SSSR count). The van der Waals surface area contributed by atoms with Crippen molar-refractivity contribution >= 4 is 17.7 Å². The van der Waals surface area contributed by atoms with Crippen molar-refractivity contribution in [3.05, 3.63) is 29.8 Å². The average molecular weight is 362 g/mol. The van der Waals surface area contributed by atoms with Crippen LogP contribution in [-0.4, -0.2) is 42.6 Å². The Morgan fingerprint density at radius 3 is 2.88 bits per heavy atom. The third kappa shape index (κ3) is 5.90. The lowest BCUT2D eigenvalue weighted by molar-refractivity contribution is -0.139. The number of para-hydroxylation sites is 1. The molecule has 2 atom stereocenters. The SMILES string of the molecule is CC(COc1ccccc1C(F)(F)F)NC(=O)CC1CSCCN1. The molecule has 4 nitrogen and oxygen atoms in total. The quantitative estimate of drug-likeness (QED) is 0.817. The summed E-state index contributed by atoms with van der Waals surface area (Å²) in [7, 11) is 0. The first-order chi connectivity index (χ1) is 11.4. The predicted octanol–water partition coefficient (Wildman–Crippen LogP) is 2.68. The molecular formula is C16H21F3N2O2S. The predicted molar refractivity (Wildman–Crippen MR) is 88.3 cm³/mol. The number of rotatable bonds is 6. The van der Waals surface area contributed by atoms with Crippen LogP contribution in [0.1, 0.15) is 18.9 Å². The van der Waals surface area contributed by atoms with Crippen LogP contribution in [0.5, 0.6) is 5.75 Å². The largest absolute Gasteiger partial charge is 0.491 e. The van der Waals surface area contributed by atoms with E-state index in [4.69, 9.17) is 4.74 Å². The molecule has 2 unspecified atom stereocenters. The van der Waals surface area contributed by atoms with Crippen LogP contribution in [0.3, 0.4) is 0 Å². The lowest BCUT2D eigenvalue weighted by atomic mass is 10.2. The summed E-state index contributed by atoms with van der Waals surface area (Å²) in [6.45, 7) is 2.57. The second-order valence-electron chi connectivity index (χ2n) is 5.70. The van der Waals surface area contributed by atoms with E-state index in [1.165, 1.54) is 18.2 Å². The molecule has 1 fully saturated rings. The van der Waals surface area contributed by atoms with Gasteiger partial charge in [0.2, 0.25) is 5.91 Å². The molecule has 0 spiro atoms. The molecule has 1 aromatic carbocycles. The summed E-state index contributed by atoms with van der Waals surface area (Å²) in [6.07, 6.45) is -4.11. The summed E-state index contributed by atoms with van der Waals surface area (Å²) in [6, 6.07) is 4.82. The molecule has 8 heteroatoms. The fourth-order valence-electron chi connectivity index (χ4n) is 2.39. The summed E-state index contributed by atoms with van der Waals surface area (Å²) >= 11 is 1.80. The van der Waals surface area contributed by atoms with E-state index in [1.54, 1.807) is 18.7 Å². The van der Waals surface area contributed by atoms with E-state index in [0.29, 0.717) is 6.42 Å². The first kappa shape index (κ1) is 18.9. The zero-order chi connectivity index (χ0) is 17.6. The molecule has 24 heavy (non-hydrogen) atoms. The molecular weight excluding hydrogens is 341 g/mol. The van der Waals surface area contributed by atoms with Crippen molar-refractivity contribution in [3.8, 4) is 5.75 Å². The number of amides is 1. The van der Waals surface area contributed by atoms with Gasteiger partial charge in [-0.2, -0.15) is 24.9 Å². The number of carbonyl (C=O) groups is 1. The Hall–Kier alpha value is -1.41. The Balaban J connectivity index is 1.80. The minimum atomic E-state index is -4.46. The maximum Gasteiger partial charge on any atom is 0.419 e. The monoisotopic (exact) mass is 362 g/mol. The highest BCUT2D eigenvalue weighted by molar-refractivity contribution is 7.99. The van der Waals surface area contributed by atoms with Gasteiger partial charge in [-0.1, -0.05) is 12.1 Å². The van der Waals surface area contributed by atoms with Gasteiger partial charge < -0.3 is 15.4 Å². The van der Waals surface area contributed by atoms with E-state index >= 15 is 0 Å².